The van der Waals surface area contributed by atoms with Crippen LogP contribution in [-0.4, -0.2) is 37.0 Å². The summed E-state index contributed by atoms with van der Waals surface area (Å²) in [4.78, 5) is 25.2. The van der Waals surface area contributed by atoms with Gasteiger partial charge in [0, 0.05) is 17.8 Å². The molecule has 3 heterocycles. The van der Waals surface area contributed by atoms with E-state index in [2.05, 4.69) is 31.0 Å². The fourth-order valence-electron chi connectivity index (χ4n) is 4.37. The lowest BCUT2D eigenvalue weighted by atomic mass is 9.83. The van der Waals surface area contributed by atoms with Gasteiger partial charge < -0.3 is 4.90 Å². The molecule has 0 bridgehead atoms. The number of benzene rings is 1. The molecule has 0 spiro atoms. The highest BCUT2D eigenvalue weighted by Gasteiger charge is 2.41. The van der Waals surface area contributed by atoms with Crippen molar-refractivity contribution in [3.05, 3.63) is 63.2 Å². The van der Waals surface area contributed by atoms with Gasteiger partial charge in [0.15, 0.2) is 0 Å². The molecule has 1 N–H and O–H groups in total. The standard InChI is InChI=1S/C23H25Cl2N5O/c1-5-12(2)22-21-16(20(27-14(4)28-21)18-9-10-26-29-18)11-13(3)30(22)23(31)15-7-6-8-17(24)19(15)25/h6-10,12-13,22H,5,11H2,1-4H3,(H,26,29)/t12?,13-,22-/m0/s1. The van der Waals surface area contributed by atoms with Crippen molar-refractivity contribution in [2.24, 2.45) is 5.92 Å². The van der Waals surface area contributed by atoms with Gasteiger partial charge in [-0.15, -0.1) is 0 Å². The molecule has 1 aliphatic rings. The Hall–Kier alpha value is -2.44. The third-order valence-corrected chi connectivity index (χ3v) is 6.88. The largest absolute Gasteiger partial charge is 0.327 e. The predicted octanol–water partition coefficient (Wildman–Crippen LogP) is 5.66. The Kier molecular flexibility index (Phi) is 6.04. The normalized spacial score (nSPS) is 19.2. The summed E-state index contributed by atoms with van der Waals surface area (Å²) in [5.41, 5.74) is 4.09. The highest BCUT2D eigenvalue weighted by molar-refractivity contribution is 6.43. The minimum Gasteiger partial charge on any atom is -0.327 e. The molecule has 8 heteroatoms. The molecule has 3 atom stereocenters. The SMILES string of the molecule is CCC(C)[C@H]1c2nc(C)nc(-c3ccn[nH]3)c2C[C@H](C)N1C(=O)c1cccc(Cl)c1Cl. The lowest BCUT2D eigenvalue weighted by Crippen LogP contribution is -2.48. The zero-order chi connectivity index (χ0) is 22.3. The van der Waals surface area contributed by atoms with E-state index in [1.54, 1.807) is 24.4 Å². The zero-order valence-electron chi connectivity index (χ0n) is 18.0. The second-order valence-electron chi connectivity index (χ2n) is 8.15. The number of rotatable bonds is 4. The quantitative estimate of drug-likeness (QED) is 0.548. The Labute approximate surface area is 192 Å². The fraction of sp³-hybridized carbons (Fsp3) is 0.391. The Morgan fingerprint density at radius 3 is 2.74 bits per heavy atom. The number of nitrogens with zero attached hydrogens (tertiary/aromatic N) is 4. The Bertz CT molecular complexity index is 1120. The van der Waals surface area contributed by atoms with Crippen LogP contribution in [0.4, 0.5) is 0 Å². The number of amides is 1. The van der Waals surface area contributed by atoms with Gasteiger partial charge in [-0.05, 0) is 44.4 Å². The predicted molar refractivity (Wildman–Crippen MR) is 122 cm³/mol. The molecule has 2 aromatic heterocycles. The monoisotopic (exact) mass is 457 g/mol. The summed E-state index contributed by atoms with van der Waals surface area (Å²) in [6, 6.07) is 6.82. The number of fused-ring (bicyclic) bond motifs is 1. The van der Waals surface area contributed by atoms with Gasteiger partial charge in [-0.1, -0.05) is 49.5 Å². The molecule has 0 fully saturated rings. The van der Waals surface area contributed by atoms with Crippen molar-refractivity contribution in [3.63, 3.8) is 0 Å². The molecule has 1 aromatic carbocycles. The Morgan fingerprint density at radius 1 is 1.29 bits per heavy atom. The van der Waals surface area contributed by atoms with Crippen molar-refractivity contribution in [3.8, 4) is 11.4 Å². The first kappa shape index (κ1) is 21.8. The lowest BCUT2D eigenvalue weighted by molar-refractivity contribution is 0.0452. The topological polar surface area (TPSA) is 74.8 Å². The molecule has 1 aliphatic heterocycles. The molecule has 0 aliphatic carbocycles. The summed E-state index contributed by atoms with van der Waals surface area (Å²) in [5.74, 6) is 0.724. The van der Waals surface area contributed by atoms with Crippen LogP contribution < -0.4 is 0 Å². The number of nitrogens with one attached hydrogen (secondary N) is 1. The fourth-order valence-corrected chi connectivity index (χ4v) is 4.76. The van der Waals surface area contributed by atoms with Gasteiger partial charge in [0.05, 0.1) is 38.7 Å². The van der Waals surface area contributed by atoms with E-state index in [1.165, 1.54) is 0 Å². The molecule has 0 saturated carbocycles. The summed E-state index contributed by atoms with van der Waals surface area (Å²) in [6.45, 7) is 8.22. The number of H-pyrrole nitrogens is 1. The molecular weight excluding hydrogens is 433 g/mol. The number of carbonyl (C=O) groups is 1. The van der Waals surface area contributed by atoms with Gasteiger partial charge in [-0.2, -0.15) is 5.10 Å². The minimum absolute atomic E-state index is 0.0676. The number of hydrogen-bond acceptors (Lipinski definition) is 4. The van der Waals surface area contributed by atoms with E-state index in [0.717, 1.165) is 29.1 Å². The molecule has 1 amide bonds. The number of halogens is 2. The first-order chi connectivity index (χ1) is 14.8. The lowest BCUT2D eigenvalue weighted by Gasteiger charge is -2.44. The molecule has 1 unspecified atom stereocenters. The number of hydrogen-bond donors (Lipinski definition) is 1. The molecule has 4 rings (SSSR count). The third kappa shape index (κ3) is 3.83. The maximum atomic E-state index is 13.7. The van der Waals surface area contributed by atoms with Crippen LogP contribution in [0.5, 0.6) is 0 Å². The Morgan fingerprint density at radius 2 is 2.06 bits per heavy atom. The number of aryl methyl sites for hydroxylation is 1. The van der Waals surface area contributed by atoms with E-state index < -0.39 is 0 Å². The second kappa shape index (κ2) is 8.60. The van der Waals surface area contributed by atoms with E-state index in [1.807, 2.05) is 17.9 Å². The molecule has 162 valence electrons. The maximum absolute atomic E-state index is 13.7. The molecule has 3 aromatic rings. The van der Waals surface area contributed by atoms with E-state index in [0.29, 0.717) is 22.8 Å². The van der Waals surface area contributed by atoms with Crippen LogP contribution in [0, 0.1) is 12.8 Å². The van der Waals surface area contributed by atoms with Gasteiger partial charge in [0.1, 0.15) is 5.82 Å². The molecule has 0 saturated heterocycles. The molecule has 0 radical (unpaired) electrons. The molecular formula is C23H25Cl2N5O. The van der Waals surface area contributed by atoms with Crippen molar-refractivity contribution >= 4 is 29.1 Å². The van der Waals surface area contributed by atoms with Crippen molar-refractivity contribution < 1.29 is 4.79 Å². The van der Waals surface area contributed by atoms with Gasteiger partial charge in [0.25, 0.3) is 5.91 Å². The molecule has 6 nitrogen and oxygen atoms in total. The van der Waals surface area contributed by atoms with Crippen molar-refractivity contribution in [1.29, 1.82) is 0 Å². The Balaban J connectivity index is 1.89. The van der Waals surface area contributed by atoms with Crippen LogP contribution >= 0.6 is 23.2 Å². The van der Waals surface area contributed by atoms with Gasteiger partial charge >= 0.3 is 0 Å². The van der Waals surface area contributed by atoms with E-state index >= 15 is 0 Å². The molecule has 31 heavy (non-hydrogen) atoms. The summed E-state index contributed by atoms with van der Waals surface area (Å²) < 4.78 is 0. The average molecular weight is 458 g/mol. The summed E-state index contributed by atoms with van der Waals surface area (Å²) in [7, 11) is 0. The smallest absolute Gasteiger partial charge is 0.256 e. The van der Waals surface area contributed by atoms with E-state index in [9.17, 15) is 4.79 Å². The van der Waals surface area contributed by atoms with Crippen LogP contribution in [-0.2, 0) is 6.42 Å². The number of carbonyl (C=O) groups excluding carboxylic acids is 1. The summed E-state index contributed by atoms with van der Waals surface area (Å²) in [5, 5.41) is 7.77. The van der Waals surface area contributed by atoms with Crippen molar-refractivity contribution in [1.82, 2.24) is 25.1 Å². The minimum atomic E-state index is -0.199. The van der Waals surface area contributed by atoms with Gasteiger partial charge in [0.2, 0.25) is 0 Å². The van der Waals surface area contributed by atoms with Crippen LogP contribution in [0.3, 0.4) is 0 Å². The van der Waals surface area contributed by atoms with Crippen molar-refractivity contribution in [2.75, 3.05) is 0 Å². The number of aromatic amines is 1. The van der Waals surface area contributed by atoms with Crippen LogP contribution in [0.1, 0.15) is 60.7 Å². The average Bonchev–Trinajstić information content (AvgIpc) is 3.28. The van der Waals surface area contributed by atoms with Gasteiger partial charge in [-0.3, -0.25) is 9.89 Å². The summed E-state index contributed by atoms with van der Waals surface area (Å²) >= 11 is 12.6. The second-order valence-corrected chi connectivity index (χ2v) is 8.94. The maximum Gasteiger partial charge on any atom is 0.256 e. The third-order valence-electron chi connectivity index (χ3n) is 6.06. The highest BCUT2D eigenvalue weighted by Crippen LogP contribution is 2.42. The highest BCUT2D eigenvalue weighted by atomic mass is 35.5. The summed E-state index contributed by atoms with van der Waals surface area (Å²) in [6.07, 6.45) is 3.25. The van der Waals surface area contributed by atoms with Crippen LogP contribution in [0.25, 0.3) is 11.4 Å². The van der Waals surface area contributed by atoms with E-state index in [4.69, 9.17) is 33.2 Å². The number of aromatic nitrogens is 4. The van der Waals surface area contributed by atoms with E-state index in [-0.39, 0.29) is 28.9 Å². The zero-order valence-corrected chi connectivity index (χ0v) is 19.5. The van der Waals surface area contributed by atoms with Crippen LogP contribution in [0.2, 0.25) is 10.0 Å². The first-order valence-electron chi connectivity index (χ1n) is 10.5. The van der Waals surface area contributed by atoms with Crippen molar-refractivity contribution in [2.45, 2.75) is 52.6 Å². The first-order valence-corrected chi connectivity index (χ1v) is 11.2. The van der Waals surface area contributed by atoms with Crippen LogP contribution in [0.15, 0.2) is 30.5 Å². The van der Waals surface area contributed by atoms with Gasteiger partial charge in [-0.25, -0.2) is 9.97 Å².